The summed E-state index contributed by atoms with van der Waals surface area (Å²) in [5.41, 5.74) is 2.11. The maximum Gasteiger partial charge on any atom is 0.191 e. The highest BCUT2D eigenvalue weighted by molar-refractivity contribution is 14.0. The van der Waals surface area contributed by atoms with Crippen molar-refractivity contribution in [2.45, 2.75) is 31.7 Å². The molecule has 0 saturated heterocycles. The summed E-state index contributed by atoms with van der Waals surface area (Å²) in [6, 6.07) is 4.94. The van der Waals surface area contributed by atoms with E-state index in [-0.39, 0.29) is 29.8 Å². The molecule has 0 radical (unpaired) electrons. The Labute approximate surface area is 175 Å². The summed E-state index contributed by atoms with van der Waals surface area (Å²) in [5.74, 6) is 1.36. The molecular weight excluding hydrogens is 466 g/mol. The van der Waals surface area contributed by atoms with Crippen LogP contribution in [0.3, 0.4) is 0 Å². The first-order valence-electron chi connectivity index (χ1n) is 8.26. The van der Waals surface area contributed by atoms with Crippen LogP contribution in [0, 0.1) is 5.82 Å². The van der Waals surface area contributed by atoms with Crippen molar-refractivity contribution >= 4 is 41.7 Å². The molecule has 0 atom stereocenters. The topological polar surface area (TPSA) is 67.1 Å². The molecule has 2 aromatic rings. The lowest BCUT2D eigenvalue weighted by Gasteiger charge is -2.14. The van der Waals surface area contributed by atoms with Crippen LogP contribution in [0.1, 0.15) is 24.0 Å². The number of aryl methyl sites for hydroxylation is 1. The highest BCUT2D eigenvalue weighted by Gasteiger charge is 2.05. The van der Waals surface area contributed by atoms with Crippen LogP contribution in [0.25, 0.3) is 0 Å². The molecule has 1 aromatic carbocycles. The number of benzene rings is 1. The Balaban J connectivity index is 0.00000338. The summed E-state index contributed by atoms with van der Waals surface area (Å²) in [4.78, 5) is 4.23. The third kappa shape index (κ3) is 7.90. The van der Waals surface area contributed by atoms with Crippen LogP contribution in [-0.2, 0) is 18.8 Å². The minimum atomic E-state index is -0.191. The van der Waals surface area contributed by atoms with Gasteiger partial charge in [0.1, 0.15) is 18.5 Å². The number of thioether (sulfide) groups is 1. The van der Waals surface area contributed by atoms with E-state index in [9.17, 15) is 4.39 Å². The van der Waals surface area contributed by atoms with Gasteiger partial charge in [0.05, 0.1) is 0 Å². The van der Waals surface area contributed by atoms with Gasteiger partial charge in [0.2, 0.25) is 0 Å². The number of halogens is 2. The fourth-order valence-electron chi connectivity index (χ4n) is 2.42. The first-order chi connectivity index (χ1) is 12.2. The summed E-state index contributed by atoms with van der Waals surface area (Å²) < 4.78 is 15.4. The zero-order valence-corrected chi connectivity index (χ0v) is 18.3. The van der Waals surface area contributed by atoms with Crippen molar-refractivity contribution in [2.75, 3.05) is 19.8 Å². The monoisotopic (exact) mass is 492 g/mol. The minimum absolute atomic E-state index is 0. The van der Waals surface area contributed by atoms with Gasteiger partial charge in [0.15, 0.2) is 5.96 Å². The van der Waals surface area contributed by atoms with Crippen molar-refractivity contribution in [3.8, 4) is 0 Å². The van der Waals surface area contributed by atoms with E-state index in [0.29, 0.717) is 6.54 Å². The molecule has 1 heterocycles. The molecule has 0 saturated carbocycles. The van der Waals surface area contributed by atoms with Crippen LogP contribution in [-0.4, -0.2) is 40.6 Å². The van der Waals surface area contributed by atoms with E-state index in [1.807, 2.05) is 16.9 Å². The van der Waals surface area contributed by atoms with Gasteiger partial charge in [-0.25, -0.2) is 4.39 Å². The number of aliphatic imine (C=N–C) groups is 1. The number of nitrogens with zero attached hydrogens (tertiary/aromatic N) is 4. The van der Waals surface area contributed by atoms with Gasteiger partial charge >= 0.3 is 0 Å². The number of rotatable bonds is 9. The average molecular weight is 492 g/mol. The maximum absolute atomic E-state index is 13.4. The van der Waals surface area contributed by atoms with Crippen molar-refractivity contribution < 1.29 is 4.39 Å². The molecule has 0 fully saturated rings. The molecule has 0 aliphatic carbocycles. The van der Waals surface area contributed by atoms with E-state index >= 15 is 0 Å². The van der Waals surface area contributed by atoms with Crippen molar-refractivity contribution in [3.63, 3.8) is 0 Å². The van der Waals surface area contributed by atoms with E-state index in [4.69, 9.17) is 0 Å². The van der Waals surface area contributed by atoms with Gasteiger partial charge < -0.3 is 15.2 Å². The fraction of sp³-hybridized carbons (Fsp3) is 0.471. The molecule has 0 bridgehead atoms. The Kier molecular flexibility index (Phi) is 11.3. The van der Waals surface area contributed by atoms with E-state index in [1.165, 1.54) is 6.07 Å². The second kappa shape index (κ2) is 12.9. The van der Waals surface area contributed by atoms with Crippen molar-refractivity contribution in [1.29, 1.82) is 0 Å². The van der Waals surface area contributed by atoms with Gasteiger partial charge in [-0.15, -0.1) is 34.2 Å². The number of nitrogens with one attached hydrogen (secondary N) is 2. The fourth-order valence-corrected chi connectivity index (χ4v) is 3.00. The first kappa shape index (κ1) is 22.7. The lowest BCUT2D eigenvalue weighted by molar-refractivity contribution is 0.597. The van der Waals surface area contributed by atoms with Gasteiger partial charge in [-0.2, -0.15) is 11.8 Å². The lowest BCUT2D eigenvalue weighted by Crippen LogP contribution is -2.37. The Morgan fingerprint density at radius 3 is 2.65 bits per heavy atom. The summed E-state index contributed by atoms with van der Waals surface area (Å²) in [5, 5.41) is 14.2. The van der Waals surface area contributed by atoms with Crippen LogP contribution in [0.15, 0.2) is 35.8 Å². The van der Waals surface area contributed by atoms with Crippen molar-refractivity contribution in [2.24, 2.45) is 4.99 Å². The zero-order chi connectivity index (χ0) is 17.9. The third-order valence-electron chi connectivity index (χ3n) is 3.74. The highest BCUT2D eigenvalue weighted by atomic mass is 127. The second-order valence-corrected chi connectivity index (χ2v) is 6.47. The van der Waals surface area contributed by atoms with Crippen LogP contribution >= 0.6 is 35.7 Å². The Hall–Kier alpha value is -1.36. The maximum atomic E-state index is 13.4. The Bertz CT molecular complexity index is 665. The number of hydrogen-bond donors (Lipinski definition) is 2. The van der Waals surface area contributed by atoms with E-state index < -0.39 is 0 Å². The van der Waals surface area contributed by atoms with Crippen LogP contribution in [0.4, 0.5) is 4.39 Å². The molecule has 26 heavy (non-hydrogen) atoms. The van der Waals surface area contributed by atoms with Crippen molar-refractivity contribution in [1.82, 2.24) is 25.4 Å². The molecule has 2 N–H and O–H groups in total. The summed E-state index contributed by atoms with van der Waals surface area (Å²) in [6.07, 6.45) is 7.53. The molecule has 0 aliphatic rings. The second-order valence-electron chi connectivity index (χ2n) is 5.61. The Morgan fingerprint density at radius 2 is 1.96 bits per heavy atom. The lowest BCUT2D eigenvalue weighted by atomic mass is 10.1. The molecular formula is C17H26FIN6S. The summed E-state index contributed by atoms with van der Waals surface area (Å²) >= 11 is 1.68. The molecule has 0 amide bonds. The smallest absolute Gasteiger partial charge is 0.191 e. The highest BCUT2D eigenvalue weighted by Crippen LogP contribution is 2.16. The standard InChI is InChI=1S/C17H25FN6S.HI/c1-19-17(20-7-3-4-8-24-12-22-23-13-24)21-10-14-5-6-16(18)9-15(14)11-25-2;/h5-6,9,12-13H,3-4,7-8,10-11H2,1-2H3,(H2,19,20,21);1H. The first-order valence-corrected chi connectivity index (χ1v) is 9.65. The molecule has 1 aromatic heterocycles. The summed E-state index contributed by atoms with van der Waals surface area (Å²) in [6.45, 7) is 2.37. The molecule has 0 unspecified atom stereocenters. The van der Waals surface area contributed by atoms with E-state index in [0.717, 1.165) is 48.8 Å². The minimum Gasteiger partial charge on any atom is -0.356 e. The Morgan fingerprint density at radius 1 is 1.19 bits per heavy atom. The molecule has 144 valence electrons. The predicted octanol–water partition coefficient (Wildman–Crippen LogP) is 3.04. The van der Waals surface area contributed by atoms with Crippen molar-refractivity contribution in [3.05, 3.63) is 47.8 Å². The van der Waals surface area contributed by atoms with Crippen LogP contribution < -0.4 is 10.6 Å². The van der Waals surface area contributed by atoms with Gasteiger partial charge in [0.25, 0.3) is 0 Å². The number of aromatic nitrogens is 3. The molecule has 9 heteroatoms. The molecule has 6 nitrogen and oxygen atoms in total. The van der Waals surface area contributed by atoms with E-state index in [1.54, 1.807) is 37.5 Å². The SMILES string of the molecule is CN=C(NCCCCn1cnnc1)NCc1ccc(F)cc1CSC.I. The average Bonchev–Trinajstić information content (AvgIpc) is 3.12. The normalized spacial score (nSPS) is 11.1. The van der Waals surface area contributed by atoms with Gasteiger partial charge in [-0.1, -0.05) is 6.07 Å². The predicted molar refractivity (Wildman–Crippen MR) is 116 cm³/mol. The largest absolute Gasteiger partial charge is 0.356 e. The zero-order valence-electron chi connectivity index (χ0n) is 15.1. The van der Waals surface area contributed by atoms with Gasteiger partial charge in [0, 0.05) is 32.4 Å². The number of hydrogen-bond acceptors (Lipinski definition) is 4. The van der Waals surface area contributed by atoms with Crippen LogP contribution in [0.2, 0.25) is 0 Å². The molecule has 2 rings (SSSR count). The van der Waals surface area contributed by atoms with Gasteiger partial charge in [-0.05, 0) is 42.4 Å². The number of guanidine groups is 1. The van der Waals surface area contributed by atoms with Gasteiger partial charge in [-0.3, -0.25) is 4.99 Å². The van der Waals surface area contributed by atoms with Crippen LogP contribution in [0.5, 0.6) is 0 Å². The molecule has 0 spiro atoms. The summed E-state index contributed by atoms with van der Waals surface area (Å²) in [7, 11) is 1.75. The third-order valence-corrected chi connectivity index (χ3v) is 4.34. The molecule has 0 aliphatic heterocycles. The van der Waals surface area contributed by atoms with E-state index in [2.05, 4.69) is 25.8 Å². The quantitative estimate of drug-likeness (QED) is 0.244. The number of unbranched alkanes of at least 4 members (excludes halogenated alkanes) is 1.